The van der Waals surface area contributed by atoms with Gasteiger partial charge in [-0.3, -0.25) is 4.98 Å². The highest BCUT2D eigenvalue weighted by Crippen LogP contribution is 2.31. The molecule has 284 valence electrons. The Hall–Kier alpha value is -6.05. The lowest BCUT2D eigenvalue weighted by Gasteiger charge is -2.22. The number of nitrogens with zero attached hydrogens (tertiary/aromatic N) is 11. The Bertz CT molecular complexity index is 2370. The van der Waals surface area contributed by atoms with Gasteiger partial charge in [0.05, 0.1) is 70.0 Å². The van der Waals surface area contributed by atoms with Crippen LogP contribution in [0.2, 0.25) is 0 Å². The number of benzene rings is 1. The first kappa shape index (κ1) is 35.6. The summed E-state index contributed by atoms with van der Waals surface area (Å²) >= 11 is 0. The quantitative estimate of drug-likeness (QED) is 0.153. The topological polar surface area (TPSA) is 128 Å². The van der Waals surface area contributed by atoms with Crippen molar-refractivity contribution in [3.63, 3.8) is 0 Å². The fraction of sp³-hybridized carbons (Fsp3) is 0.326. The summed E-state index contributed by atoms with van der Waals surface area (Å²) in [5.74, 6) is 0. The molecule has 7 aromatic heterocycles. The van der Waals surface area contributed by atoms with E-state index >= 15 is 0 Å². The monoisotopic (exact) mass is 747 g/mol. The van der Waals surface area contributed by atoms with Crippen molar-refractivity contribution in [3.05, 3.63) is 115 Å². The van der Waals surface area contributed by atoms with Crippen LogP contribution < -0.4 is 0 Å². The third-order valence-electron chi connectivity index (χ3n) is 10.7. The normalized spacial score (nSPS) is 15.3. The highest BCUT2D eigenvalue weighted by Gasteiger charge is 2.24. The summed E-state index contributed by atoms with van der Waals surface area (Å²) in [5.41, 5.74) is 9.82. The second-order valence-corrected chi connectivity index (χ2v) is 14.1. The summed E-state index contributed by atoms with van der Waals surface area (Å²) < 4.78 is 19.2. The van der Waals surface area contributed by atoms with Crippen LogP contribution in [0.4, 0.5) is 0 Å². The SMILES string of the molecule is CCc1nn(C2CCOCC2)c2nc(-c3ccnn3-c3ccccc3)ccc12.CCc1nn(C2CCOCC2)c2nc(-c3ccnn3-c3ccncc3)ccc12. The van der Waals surface area contributed by atoms with Crippen LogP contribution in [0, 0.1) is 0 Å². The van der Waals surface area contributed by atoms with E-state index in [0.717, 1.165) is 133 Å². The number of aryl methyl sites for hydroxylation is 2. The maximum absolute atomic E-state index is 5.54. The number of aromatic nitrogens is 11. The maximum Gasteiger partial charge on any atom is 0.159 e. The zero-order chi connectivity index (χ0) is 37.8. The highest BCUT2D eigenvalue weighted by atomic mass is 16.5. The van der Waals surface area contributed by atoms with E-state index in [9.17, 15) is 0 Å². The van der Waals surface area contributed by atoms with Crippen molar-refractivity contribution in [1.29, 1.82) is 0 Å². The minimum absolute atomic E-state index is 0.337. The van der Waals surface area contributed by atoms with Crippen molar-refractivity contribution in [3.8, 4) is 34.2 Å². The molecule has 9 heterocycles. The molecule has 0 radical (unpaired) electrons. The number of pyridine rings is 3. The molecule has 0 N–H and O–H groups in total. The van der Waals surface area contributed by atoms with Gasteiger partial charge in [0.2, 0.25) is 0 Å². The fourth-order valence-electron chi connectivity index (χ4n) is 7.80. The van der Waals surface area contributed by atoms with Gasteiger partial charge < -0.3 is 9.47 Å². The van der Waals surface area contributed by atoms with Gasteiger partial charge in [-0.25, -0.2) is 28.7 Å². The molecule has 2 fully saturated rings. The van der Waals surface area contributed by atoms with Crippen molar-refractivity contribution in [1.82, 2.24) is 54.1 Å². The van der Waals surface area contributed by atoms with Crippen LogP contribution in [-0.2, 0) is 22.3 Å². The summed E-state index contributed by atoms with van der Waals surface area (Å²) in [7, 11) is 0. The Morgan fingerprint density at radius 1 is 0.536 bits per heavy atom. The van der Waals surface area contributed by atoms with Gasteiger partial charge in [0.25, 0.3) is 0 Å². The van der Waals surface area contributed by atoms with Crippen LogP contribution in [0.3, 0.4) is 0 Å². The number of para-hydroxylation sites is 1. The lowest BCUT2D eigenvalue weighted by Crippen LogP contribution is -2.21. The highest BCUT2D eigenvalue weighted by molar-refractivity contribution is 5.82. The molecule has 10 rings (SSSR count). The Morgan fingerprint density at radius 3 is 1.46 bits per heavy atom. The molecule has 2 aliphatic rings. The minimum Gasteiger partial charge on any atom is -0.381 e. The Morgan fingerprint density at radius 2 is 1.00 bits per heavy atom. The van der Waals surface area contributed by atoms with Crippen molar-refractivity contribution in [2.45, 2.75) is 64.5 Å². The molecule has 0 saturated carbocycles. The molecule has 56 heavy (non-hydrogen) atoms. The minimum atomic E-state index is 0.337. The summed E-state index contributed by atoms with van der Waals surface area (Å²) in [5, 5.41) is 21.1. The zero-order valence-corrected chi connectivity index (χ0v) is 31.8. The number of fused-ring (bicyclic) bond motifs is 2. The summed E-state index contributed by atoms with van der Waals surface area (Å²) in [6.07, 6.45) is 12.9. The van der Waals surface area contributed by atoms with Crippen LogP contribution in [0.25, 0.3) is 56.2 Å². The second-order valence-electron chi connectivity index (χ2n) is 14.1. The van der Waals surface area contributed by atoms with E-state index < -0.39 is 0 Å². The van der Waals surface area contributed by atoms with Gasteiger partial charge in [-0.1, -0.05) is 32.0 Å². The summed E-state index contributed by atoms with van der Waals surface area (Å²) in [6.45, 7) is 7.42. The molecule has 0 atom stereocenters. The maximum atomic E-state index is 5.54. The Labute approximate surface area is 324 Å². The molecular weight excluding hydrogens is 703 g/mol. The lowest BCUT2D eigenvalue weighted by atomic mass is 10.1. The van der Waals surface area contributed by atoms with Crippen LogP contribution in [-0.4, -0.2) is 80.5 Å². The third kappa shape index (κ3) is 6.88. The number of ether oxygens (including phenoxy) is 2. The van der Waals surface area contributed by atoms with E-state index in [4.69, 9.17) is 29.6 Å². The lowest BCUT2D eigenvalue weighted by molar-refractivity contribution is 0.0671. The van der Waals surface area contributed by atoms with Crippen LogP contribution in [0.5, 0.6) is 0 Å². The molecule has 13 nitrogen and oxygen atoms in total. The van der Waals surface area contributed by atoms with Crippen molar-refractivity contribution in [2.24, 2.45) is 0 Å². The molecule has 1 aromatic carbocycles. The van der Waals surface area contributed by atoms with Crippen molar-refractivity contribution in [2.75, 3.05) is 26.4 Å². The van der Waals surface area contributed by atoms with Crippen LogP contribution in [0.1, 0.15) is 63.0 Å². The van der Waals surface area contributed by atoms with E-state index in [-0.39, 0.29) is 0 Å². The van der Waals surface area contributed by atoms with E-state index in [1.807, 2.05) is 58.0 Å². The van der Waals surface area contributed by atoms with E-state index in [0.29, 0.717) is 12.1 Å². The average molecular weight is 748 g/mol. The molecular formula is C43H45N11O2. The Balaban J connectivity index is 0.000000146. The first-order chi connectivity index (χ1) is 27.7. The standard InChI is InChI=1S/C22H23N5O.C21H22N6O/c1-2-19-18-8-9-20(21-10-13-23-26(21)16-6-4-3-5-7-16)24-22(18)27(25-19)17-11-14-28-15-12-17;1-2-18-17-3-4-19(20-7-12-23-26(20)15-5-10-22-11-6-15)24-21(17)27(25-18)16-8-13-28-14-9-16/h3-10,13,17H,2,11-12,14-15H2,1H3;3-7,10-12,16H,2,8-9,13-14H2,1H3. The number of rotatable bonds is 8. The Kier molecular flexibility index (Phi) is 10.2. The first-order valence-electron chi connectivity index (χ1n) is 19.7. The molecule has 0 aliphatic carbocycles. The predicted molar refractivity (Wildman–Crippen MR) is 215 cm³/mol. The summed E-state index contributed by atoms with van der Waals surface area (Å²) in [4.78, 5) is 14.2. The fourth-order valence-corrected chi connectivity index (χ4v) is 7.80. The first-order valence-corrected chi connectivity index (χ1v) is 19.7. The van der Waals surface area contributed by atoms with Gasteiger partial charge in [0.15, 0.2) is 11.3 Å². The van der Waals surface area contributed by atoms with Crippen LogP contribution >= 0.6 is 0 Å². The zero-order valence-electron chi connectivity index (χ0n) is 31.8. The molecule has 0 spiro atoms. The van der Waals surface area contributed by atoms with E-state index in [1.165, 1.54) is 0 Å². The molecule has 0 unspecified atom stereocenters. The predicted octanol–water partition coefficient (Wildman–Crippen LogP) is 7.79. The van der Waals surface area contributed by atoms with Crippen LogP contribution in [0.15, 0.2) is 104 Å². The van der Waals surface area contributed by atoms with Gasteiger partial charge in [-0.2, -0.15) is 20.4 Å². The largest absolute Gasteiger partial charge is 0.381 e. The van der Waals surface area contributed by atoms with Crippen molar-refractivity contribution < 1.29 is 9.47 Å². The van der Waals surface area contributed by atoms with Gasteiger partial charge in [0.1, 0.15) is 0 Å². The van der Waals surface area contributed by atoms with E-state index in [2.05, 4.69) is 74.8 Å². The average Bonchev–Trinajstić information content (AvgIpc) is 4.10. The molecule has 8 aromatic rings. The van der Waals surface area contributed by atoms with Gasteiger partial charge in [-0.15, -0.1) is 0 Å². The number of hydrogen-bond donors (Lipinski definition) is 0. The molecule has 13 heteroatoms. The summed E-state index contributed by atoms with van der Waals surface area (Å²) in [6, 6.07) is 27.2. The molecule has 2 saturated heterocycles. The molecule has 2 aliphatic heterocycles. The molecule has 0 amide bonds. The van der Waals surface area contributed by atoms with Gasteiger partial charge in [0, 0.05) is 49.6 Å². The van der Waals surface area contributed by atoms with Gasteiger partial charge >= 0.3 is 0 Å². The number of hydrogen-bond acceptors (Lipinski definition) is 9. The van der Waals surface area contributed by atoms with E-state index in [1.54, 1.807) is 18.6 Å². The smallest absolute Gasteiger partial charge is 0.159 e. The second kappa shape index (κ2) is 16.0. The molecule has 0 bridgehead atoms. The van der Waals surface area contributed by atoms with Crippen molar-refractivity contribution >= 4 is 22.1 Å². The van der Waals surface area contributed by atoms with Gasteiger partial charge in [-0.05, 0) is 99.2 Å². The third-order valence-corrected chi connectivity index (χ3v) is 10.7.